The van der Waals surface area contributed by atoms with E-state index in [-0.39, 0.29) is 31.1 Å². The van der Waals surface area contributed by atoms with Crippen molar-refractivity contribution in [3.8, 4) is 0 Å². The van der Waals surface area contributed by atoms with Crippen LogP contribution in [0.25, 0.3) is 0 Å². The molecule has 1 unspecified atom stereocenters. The maximum atomic E-state index is 11.9. The molecule has 22 heavy (non-hydrogen) atoms. The molecule has 1 rings (SSSR count). The summed E-state index contributed by atoms with van der Waals surface area (Å²) in [6, 6.07) is 1.92. The Labute approximate surface area is 134 Å². The highest BCUT2D eigenvalue weighted by molar-refractivity contribution is 7.10. The number of aryl methyl sites for hydroxylation is 1. The molecule has 0 amide bonds. The van der Waals surface area contributed by atoms with E-state index in [4.69, 9.17) is 0 Å². The third kappa shape index (κ3) is 5.19. The minimum absolute atomic E-state index is 0.0195. The monoisotopic (exact) mass is 328 g/mol. The number of hydrogen-bond donors (Lipinski definition) is 2. The van der Waals surface area contributed by atoms with Gasteiger partial charge in [-0.25, -0.2) is 0 Å². The van der Waals surface area contributed by atoms with Crippen molar-refractivity contribution in [1.29, 1.82) is 0 Å². The van der Waals surface area contributed by atoms with E-state index >= 15 is 0 Å². The number of ether oxygens (including phenoxy) is 1. The molecule has 0 aliphatic rings. The van der Waals surface area contributed by atoms with Crippen LogP contribution in [0.15, 0.2) is 11.4 Å². The van der Waals surface area contributed by atoms with Gasteiger partial charge in [0.15, 0.2) is 0 Å². The highest BCUT2D eigenvalue weighted by Gasteiger charge is 2.34. The zero-order valence-corrected chi connectivity index (χ0v) is 14.1. The first kappa shape index (κ1) is 18.8. The Balaban J connectivity index is 2.70. The molecule has 124 valence electrons. The van der Waals surface area contributed by atoms with Crippen LogP contribution in [0, 0.1) is 5.92 Å². The summed E-state index contributed by atoms with van der Waals surface area (Å²) in [6.45, 7) is 3.69. The van der Waals surface area contributed by atoms with Gasteiger partial charge in [0.25, 0.3) is 0 Å². The number of ketones is 1. The number of hydrogen-bond acceptors (Lipinski definition) is 6. The summed E-state index contributed by atoms with van der Waals surface area (Å²) in [7, 11) is 1.23. The summed E-state index contributed by atoms with van der Waals surface area (Å²) in [5, 5.41) is 21.9. The Kier molecular flexibility index (Phi) is 7.19. The smallest absolute Gasteiger partial charge is 0.313 e. The Morgan fingerprint density at radius 1 is 1.41 bits per heavy atom. The first-order chi connectivity index (χ1) is 10.3. The van der Waals surface area contributed by atoms with E-state index in [1.54, 1.807) is 0 Å². The molecule has 0 spiro atoms. The minimum Gasteiger partial charge on any atom is -0.469 e. The van der Waals surface area contributed by atoms with Crippen LogP contribution in [0.2, 0.25) is 0 Å². The van der Waals surface area contributed by atoms with Crippen molar-refractivity contribution in [2.75, 3.05) is 7.11 Å². The van der Waals surface area contributed by atoms with Gasteiger partial charge in [-0.1, -0.05) is 13.8 Å². The van der Waals surface area contributed by atoms with E-state index < -0.39 is 11.6 Å². The molecule has 0 bridgehead atoms. The second-order valence-electron chi connectivity index (χ2n) is 5.75. The molecule has 1 heterocycles. The van der Waals surface area contributed by atoms with Gasteiger partial charge < -0.3 is 14.9 Å². The third-order valence-corrected chi connectivity index (χ3v) is 4.90. The SMILES string of the molecule is COC(=O)CC(=O)CC(O)(CCc1ccsc1CO)C(C)C. The lowest BCUT2D eigenvalue weighted by Crippen LogP contribution is -2.38. The molecular formula is C16H24O5S. The minimum atomic E-state index is -1.17. The van der Waals surface area contributed by atoms with Gasteiger partial charge in [0.05, 0.1) is 19.3 Å². The summed E-state index contributed by atoms with van der Waals surface area (Å²) in [5.74, 6) is -1.03. The van der Waals surface area contributed by atoms with Crippen LogP contribution in [0.3, 0.4) is 0 Å². The van der Waals surface area contributed by atoms with Gasteiger partial charge >= 0.3 is 5.97 Å². The molecule has 2 N–H and O–H groups in total. The van der Waals surface area contributed by atoms with E-state index in [1.165, 1.54) is 18.4 Å². The molecule has 1 aromatic rings. The van der Waals surface area contributed by atoms with Crippen molar-refractivity contribution in [1.82, 2.24) is 0 Å². The maximum absolute atomic E-state index is 11.9. The summed E-state index contributed by atoms with van der Waals surface area (Å²) in [6.07, 6.45) is 0.602. The number of methoxy groups -OCH3 is 1. The molecule has 0 aliphatic heterocycles. The standard InChI is InChI=1S/C16H24O5S/c1-11(2)16(20,9-13(18)8-15(19)21-3)6-4-12-5-7-22-14(12)10-17/h5,7,11,17,20H,4,6,8-10H2,1-3H3. The van der Waals surface area contributed by atoms with E-state index in [2.05, 4.69) is 4.74 Å². The number of carbonyl (C=O) groups is 2. The second-order valence-corrected chi connectivity index (χ2v) is 6.75. The molecule has 0 fully saturated rings. The van der Waals surface area contributed by atoms with Crippen LogP contribution in [-0.4, -0.2) is 34.7 Å². The van der Waals surface area contributed by atoms with Crippen molar-refractivity contribution >= 4 is 23.1 Å². The lowest BCUT2D eigenvalue weighted by Gasteiger charge is -2.31. The number of carbonyl (C=O) groups excluding carboxylic acids is 2. The summed E-state index contributed by atoms with van der Waals surface area (Å²) in [5.41, 5.74) is -0.174. The van der Waals surface area contributed by atoms with Gasteiger partial charge in [-0.05, 0) is 35.8 Å². The normalized spacial score (nSPS) is 13.9. The number of aliphatic hydroxyl groups is 2. The average Bonchev–Trinajstić information content (AvgIpc) is 2.92. The number of rotatable bonds is 9. The van der Waals surface area contributed by atoms with Gasteiger partial charge in [0.2, 0.25) is 0 Å². The van der Waals surface area contributed by atoms with E-state index in [9.17, 15) is 19.8 Å². The highest BCUT2D eigenvalue weighted by Crippen LogP contribution is 2.29. The predicted molar refractivity (Wildman–Crippen MR) is 84.6 cm³/mol. The quantitative estimate of drug-likeness (QED) is 0.535. The molecule has 1 atom stereocenters. The zero-order chi connectivity index (χ0) is 16.8. The maximum Gasteiger partial charge on any atom is 0.313 e. The van der Waals surface area contributed by atoms with Crippen LogP contribution < -0.4 is 0 Å². The molecule has 1 aromatic heterocycles. The lowest BCUT2D eigenvalue weighted by molar-refractivity contribution is -0.144. The Bertz CT molecular complexity index is 508. The molecule has 6 heteroatoms. The summed E-state index contributed by atoms with van der Waals surface area (Å²) >= 11 is 1.47. The Hall–Kier alpha value is -1.24. The van der Waals surface area contributed by atoms with Crippen molar-refractivity contribution in [3.63, 3.8) is 0 Å². The predicted octanol–water partition coefficient (Wildman–Crippen LogP) is 2.08. The zero-order valence-electron chi connectivity index (χ0n) is 13.3. The fraction of sp³-hybridized carbons (Fsp3) is 0.625. The topological polar surface area (TPSA) is 83.8 Å². The Morgan fingerprint density at radius 3 is 2.64 bits per heavy atom. The van der Waals surface area contributed by atoms with Gasteiger partial charge in [-0.3, -0.25) is 9.59 Å². The van der Waals surface area contributed by atoms with E-state index in [1.807, 2.05) is 25.3 Å². The van der Waals surface area contributed by atoms with Crippen molar-refractivity contribution in [2.24, 2.45) is 5.92 Å². The number of Topliss-reactive ketones (excluding diaryl/α,β-unsaturated/α-hetero) is 1. The van der Waals surface area contributed by atoms with Crippen LogP contribution in [0.5, 0.6) is 0 Å². The molecular weight excluding hydrogens is 304 g/mol. The van der Waals surface area contributed by atoms with Crippen LogP contribution in [0.1, 0.15) is 43.6 Å². The van der Waals surface area contributed by atoms with Crippen molar-refractivity contribution in [3.05, 3.63) is 21.9 Å². The average molecular weight is 328 g/mol. The molecule has 5 nitrogen and oxygen atoms in total. The fourth-order valence-electron chi connectivity index (χ4n) is 2.30. The largest absolute Gasteiger partial charge is 0.469 e. The number of esters is 1. The van der Waals surface area contributed by atoms with Crippen LogP contribution in [0.4, 0.5) is 0 Å². The number of aliphatic hydroxyl groups excluding tert-OH is 1. The summed E-state index contributed by atoms with van der Waals surface area (Å²) < 4.78 is 4.48. The number of thiophene rings is 1. The fourth-order valence-corrected chi connectivity index (χ4v) is 3.09. The van der Waals surface area contributed by atoms with Gasteiger partial charge in [-0.15, -0.1) is 11.3 Å². The Morgan fingerprint density at radius 2 is 2.09 bits per heavy atom. The van der Waals surface area contributed by atoms with E-state index in [0.29, 0.717) is 12.8 Å². The third-order valence-electron chi connectivity index (χ3n) is 3.96. The second kappa shape index (κ2) is 8.41. The van der Waals surface area contributed by atoms with Gasteiger partial charge in [0, 0.05) is 11.3 Å². The van der Waals surface area contributed by atoms with Crippen molar-refractivity contribution < 1.29 is 24.5 Å². The van der Waals surface area contributed by atoms with Crippen LogP contribution >= 0.6 is 11.3 Å². The van der Waals surface area contributed by atoms with Crippen LogP contribution in [-0.2, 0) is 27.4 Å². The lowest BCUT2D eigenvalue weighted by atomic mass is 9.80. The van der Waals surface area contributed by atoms with E-state index in [0.717, 1.165) is 10.4 Å². The first-order valence-electron chi connectivity index (χ1n) is 7.29. The molecule has 0 aromatic carbocycles. The molecule has 0 saturated heterocycles. The summed E-state index contributed by atoms with van der Waals surface area (Å²) in [4.78, 5) is 24.0. The van der Waals surface area contributed by atoms with Gasteiger partial charge in [-0.2, -0.15) is 0 Å². The highest BCUT2D eigenvalue weighted by atomic mass is 32.1. The molecule has 0 radical (unpaired) electrons. The first-order valence-corrected chi connectivity index (χ1v) is 8.17. The molecule has 0 saturated carbocycles. The van der Waals surface area contributed by atoms with Crippen molar-refractivity contribution in [2.45, 2.75) is 51.7 Å². The molecule has 0 aliphatic carbocycles. The van der Waals surface area contributed by atoms with Gasteiger partial charge in [0.1, 0.15) is 12.2 Å².